The highest BCUT2D eigenvalue weighted by Crippen LogP contribution is 2.23. The lowest BCUT2D eigenvalue weighted by Gasteiger charge is -2.35. The molecule has 1 unspecified atom stereocenters. The minimum absolute atomic E-state index is 0.0866. The first-order chi connectivity index (χ1) is 8.33. The number of hydrogen-bond acceptors (Lipinski definition) is 3. The van der Waals surface area contributed by atoms with E-state index in [1.807, 2.05) is 27.7 Å². The van der Waals surface area contributed by atoms with Crippen LogP contribution in [0.5, 0.6) is 0 Å². The predicted molar refractivity (Wildman–Crippen MR) is 74.5 cm³/mol. The van der Waals surface area contributed by atoms with Gasteiger partial charge in [0.15, 0.2) is 0 Å². The molecule has 1 saturated heterocycles. The van der Waals surface area contributed by atoms with Crippen LogP contribution in [-0.4, -0.2) is 35.6 Å². The molecule has 106 valence electrons. The van der Waals surface area contributed by atoms with Crippen LogP contribution in [0.4, 0.5) is 0 Å². The summed E-state index contributed by atoms with van der Waals surface area (Å²) in [7, 11) is 0. The maximum absolute atomic E-state index is 12.0. The summed E-state index contributed by atoms with van der Waals surface area (Å²) >= 11 is 0. The number of esters is 1. The maximum Gasteiger partial charge on any atom is 0.323 e. The number of piperidine rings is 1. The fraction of sp³-hybridized carbons (Fsp3) is 0.933. The van der Waals surface area contributed by atoms with Crippen molar-refractivity contribution in [1.29, 1.82) is 0 Å². The number of carbonyl (C=O) groups is 1. The quantitative estimate of drug-likeness (QED) is 0.722. The molecule has 18 heavy (non-hydrogen) atoms. The third kappa shape index (κ3) is 4.97. The molecule has 0 spiro atoms. The number of carbonyl (C=O) groups excluding carboxylic acids is 1. The van der Waals surface area contributed by atoms with E-state index in [4.69, 9.17) is 4.74 Å². The Labute approximate surface area is 112 Å². The van der Waals surface area contributed by atoms with Gasteiger partial charge in [0.2, 0.25) is 0 Å². The van der Waals surface area contributed by atoms with Gasteiger partial charge in [0.1, 0.15) is 11.6 Å². The Morgan fingerprint density at radius 2 is 1.89 bits per heavy atom. The Hall–Kier alpha value is -0.570. The van der Waals surface area contributed by atoms with E-state index in [0.717, 1.165) is 19.0 Å². The average Bonchev–Trinajstić information content (AvgIpc) is 2.27. The van der Waals surface area contributed by atoms with Crippen molar-refractivity contribution in [3.8, 4) is 0 Å². The van der Waals surface area contributed by atoms with Crippen LogP contribution in [0.15, 0.2) is 0 Å². The van der Waals surface area contributed by atoms with Gasteiger partial charge in [-0.2, -0.15) is 0 Å². The molecule has 1 heterocycles. The molecule has 0 amide bonds. The Morgan fingerprint density at radius 3 is 2.33 bits per heavy atom. The van der Waals surface area contributed by atoms with Crippen LogP contribution in [0.3, 0.4) is 0 Å². The van der Waals surface area contributed by atoms with Gasteiger partial charge in [0.05, 0.1) is 0 Å². The Balaban J connectivity index is 2.40. The predicted octanol–water partition coefficient (Wildman–Crippen LogP) is 3.23. The SMILES string of the molecule is CCCC1CCN(C(C)C(=O)OC(C)(C)C)CC1. The lowest BCUT2D eigenvalue weighted by atomic mass is 9.92. The largest absolute Gasteiger partial charge is 0.459 e. The van der Waals surface area contributed by atoms with Gasteiger partial charge in [0.25, 0.3) is 0 Å². The molecule has 1 fully saturated rings. The van der Waals surface area contributed by atoms with E-state index < -0.39 is 0 Å². The second kappa shape index (κ2) is 6.55. The molecule has 1 rings (SSSR count). The lowest BCUT2D eigenvalue weighted by molar-refractivity contribution is -0.161. The molecule has 0 radical (unpaired) electrons. The summed E-state index contributed by atoms with van der Waals surface area (Å²) in [5.74, 6) is 0.772. The van der Waals surface area contributed by atoms with Crippen LogP contribution < -0.4 is 0 Å². The summed E-state index contributed by atoms with van der Waals surface area (Å²) in [6.07, 6.45) is 5.04. The van der Waals surface area contributed by atoms with Gasteiger partial charge < -0.3 is 4.74 Å². The third-order valence-electron chi connectivity index (χ3n) is 3.64. The van der Waals surface area contributed by atoms with Crippen molar-refractivity contribution in [2.75, 3.05) is 13.1 Å². The van der Waals surface area contributed by atoms with Crippen LogP contribution in [0, 0.1) is 5.92 Å². The molecular weight excluding hydrogens is 226 g/mol. The molecule has 0 N–H and O–H groups in total. The summed E-state index contributed by atoms with van der Waals surface area (Å²) in [5.41, 5.74) is -0.383. The van der Waals surface area contributed by atoms with E-state index in [1.54, 1.807) is 0 Å². The zero-order valence-electron chi connectivity index (χ0n) is 12.7. The topological polar surface area (TPSA) is 29.5 Å². The van der Waals surface area contributed by atoms with Crippen molar-refractivity contribution in [3.05, 3.63) is 0 Å². The van der Waals surface area contributed by atoms with Crippen LogP contribution in [0.2, 0.25) is 0 Å². The van der Waals surface area contributed by atoms with Crippen molar-refractivity contribution >= 4 is 5.97 Å². The summed E-state index contributed by atoms with van der Waals surface area (Å²) < 4.78 is 5.45. The average molecular weight is 255 g/mol. The van der Waals surface area contributed by atoms with Gasteiger partial charge >= 0.3 is 5.97 Å². The second-order valence-electron chi connectivity index (χ2n) is 6.48. The van der Waals surface area contributed by atoms with Gasteiger partial charge in [-0.05, 0) is 59.5 Å². The fourth-order valence-corrected chi connectivity index (χ4v) is 2.57. The van der Waals surface area contributed by atoms with Gasteiger partial charge in [-0.1, -0.05) is 19.8 Å². The number of hydrogen-bond donors (Lipinski definition) is 0. The third-order valence-corrected chi connectivity index (χ3v) is 3.64. The molecule has 0 aromatic rings. The van der Waals surface area contributed by atoms with Crippen LogP contribution in [0.25, 0.3) is 0 Å². The first-order valence-corrected chi connectivity index (χ1v) is 7.30. The lowest BCUT2D eigenvalue weighted by Crippen LogP contribution is -2.46. The molecule has 1 aliphatic heterocycles. The number of likely N-dealkylation sites (tertiary alicyclic amines) is 1. The zero-order chi connectivity index (χ0) is 13.8. The van der Waals surface area contributed by atoms with E-state index in [0.29, 0.717) is 0 Å². The minimum atomic E-state index is -0.383. The molecule has 0 aliphatic carbocycles. The van der Waals surface area contributed by atoms with Crippen molar-refractivity contribution in [2.45, 2.75) is 71.9 Å². The molecule has 0 saturated carbocycles. The highest BCUT2D eigenvalue weighted by atomic mass is 16.6. The molecule has 1 atom stereocenters. The summed E-state index contributed by atoms with van der Waals surface area (Å²) in [5, 5.41) is 0. The normalized spacial score (nSPS) is 20.7. The summed E-state index contributed by atoms with van der Waals surface area (Å²) in [6.45, 7) is 12.0. The highest BCUT2D eigenvalue weighted by Gasteiger charge is 2.29. The first-order valence-electron chi connectivity index (χ1n) is 7.30. The van der Waals surface area contributed by atoms with Crippen LogP contribution in [0.1, 0.15) is 60.3 Å². The van der Waals surface area contributed by atoms with Gasteiger partial charge in [-0.15, -0.1) is 0 Å². The second-order valence-corrected chi connectivity index (χ2v) is 6.48. The van der Waals surface area contributed by atoms with E-state index in [-0.39, 0.29) is 17.6 Å². The molecule has 0 aromatic heterocycles. The molecule has 3 heteroatoms. The van der Waals surface area contributed by atoms with Crippen LogP contribution >= 0.6 is 0 Å². The first kappa shape index (κ1) is 15.5. The monoisotopic (exact) mass is 255 g/mol. The van der Waals surface area contributed by atoms with E-state index >= 15 is 0 Å². The number of ether oxygens (including phenoxy) is 1. The minimum Gasteiger partial charge on any atom is -0.459 e. The van der Waals surface area contributed by atoms with Gasteiger partial charge in [0, 0.05) is 0 Å². The molecule has 0 aromatic carbocycles. The van der Waals surface area contributed by atoms with E-state index in [1.165, 1.54) is 25.7 Å². The van der Waals surface area contributed by atoms with Gasteiger partial charge in [-0.25, -0.2) is 0 Å². The fourth-order valence-electron chi connectivity index (χ4n) is 2.57. The summed E-state index contributed by atoms with van der Waals surface area (Å²) in [4.78, 5) is 14.3. The molecule has 0 bridgehead atoms. The van der Waals surface area contributed by atoms with Gasteiger partial charge in [-0.3, -0.25) is 9.69 Å². The van der Waals surface area contributed by atoms with E-state index in [2.05, 4.69) is 11.8 Å². The standard InChI is InChI=1S/C15H29NO2/c1-6-7-13-8-10-16(11-9-13)12(2)14(17)18-15(3,4)5/h12-13H,6-11H2,1-5H3. The Morgan fingerprint density at radius 1 is 1.33 bits per heavy atom. The Kier molecular flexibility index (Phi) is 5.64. The smallest absolute Gasteiger partial charge is 0.323 e. The van der Waals surface area contributed by atoms with Crippen LogP contribution in [-0.2, 0) is 9.53 Å². The number of rotatable bonds is 4. The zero-order valence-corrected chi connectivity index (χ0v) is 12.7. The van der Waals surface area contributed by atoms with Crippen molar-refractivity contribution < 1.29 is 9.53 Å². The molecule has 3 nitrogen and oxygen atoms in total. The Bertz CT molecular complexity index is 262. The molecule has 1 aliphatic rings. The maximum atomic E-state index is 12.0. The van der Waals surface area contributed by atoms with E-state index in [9.17, 15) is 4.79 Å². The van der Waals surface area contributed by atoms with Crippen molar-refractivity contribution in [2.24, 2.45) is 5.92 Å². The molecular formula is C15H29NO2. The number of nitrogens with zero attached hydrogens (tertiary/aromatic N) is 1. The summed E-state index contributed by atoms with van der Waals surface area (Å²) in [6, 6.07) is -0.105. The highest BCUT2D eigenvalue weighted by molar-refractivity contribution is 5.75. The van der Waals surface area contributed by atoms with Crippen molar-refractivity contribution in [3.63, 3.8) is 0 Å². The van der Waals surface area contributed by atoms with Crippen molar-refractivity contribution in [1.82, 2.24) is 4.90 Å².